The number of nitrogens with two attached hydrogens (primary N) is 1. The first-order valence-corrected chi connectivity index (χ1v) is 6.14. The second-order valence-electron chi connectivity index (χ2n) is 4.54. The Morgan fingerprint density at radius 3 is 2.67 bits per heavy atom. The second-order valence-corrected chi connectivity index (χ2v) is 4.54. The molecule has 0 aliphatic heterocycles. The minimum Gasteiger partial charge on any atom is -0.326 e. The van der Waals surface area contributed by atoms with Crippen LogP contribution in [-0.2, 0) is 0 Å². The zero-order chi connectivity index (χ0) is 13.1. The Balaban J connectivity index is 2.47. The summed E-state index contributed by atoms with van der Waals surface area (Å²) in [5.41, 5.74) is 7.77. The van der Waals surface area contributed by atoms with E-state index in [4.69, 9.17) is 5.73 Å². The normalized spacial score (nSPS) is 14.4. The van der Waals surface area contributed by atoms with Crippen LogP contribution in [0.2, 0.25) is 0 Å². The highest BCUT2D eigenvalue weighted by Crippen LogP contribution is 2.24. The third-order valence-electron chi connectivity index (χ3n) is 3.12. The van der Waals surface area contributed by atoms with E-state index in [0.29, 0.717) is 5.56 Å². The van der Waals surface area contributed by atoms with Crippen LogP contribution in [0.1, 0.15) is 30.5 Å². The van der Waals surface area contributed by atoms with Gasteiger partial charge in [0.05, 0.1) is 12.2 Å². The van der Waals surface area contributed by atoms with Crippen LogP contribution in [0.4, 0.5) is 4.39 Å². The van der Waals surface area contributed by atoms with Crippen LogP contribution in [0.15, 0.2) is 36.7 Å². The van der Waals surface area contributed by atoms with Gasteiger partial charge in [-0.25, -0.2) is 4.39 Å². The van der Waals surface area contributed by atoms with E-state index in [2.05, 4.69) is 5.10 Å². The number of halogens is 1. The molecule has 3 nitrogen and oxygen atoms in total. The first-order valence-electron chi connectivity index (χ1n) is 6.14. The van der Waals surface area contributed by atoms with Gasteiger partial charge in [0.1, 0.15) is 5.82 Å². The van der Waals surface area contributed by atoms with Gasteiger partial charge in [-0.05, 0) is 25.0 Å². The van der Waals surface area contributed by atoms with Crippen molar-refractivity contribution in [3.05, 3.63) is 53.6 Å². The molecule has 0 aliphatic carbocycles. The highest BCUT2D eigenvalue weighted by molar-refractivity contribution is 5.24. The average Bonchev–Trinajstić information content (AvgIpc) is 2.78. The lowest BCUT2D eigenvalue weighted by Crippen LogP contribution is -2.33. The summed E-state index contributed by atoms with van der Waals surface area (Å²) >= 11 is 0. The van der Waals surface area contributed by atoms with Crippen molar-refractivity contribution in [1.82, 2.24) is 9.78 Å². The van der Waals surface area contributed by atoms with Gasteiger partial charge in [0, 0.05) is 17.8 Å². The molecule has 0 saturated carbocycles. The molecule has 1 heterocycles. The Labute approximate surface area is 106 Å². The van der Waals surface area contributed by atoms with Gasteiger partial charge in [-0.2, -0.15) is 5.10 Å². The predicted molar refractivity (Wildman–Crippen MR) is 69.8 cm³/mol. The van der Waals surface area contributed by atoms with E-state index in [1.165, 1.54) is 6.07 Å². The molecule has 96 valence electrons. The van der Waals surface area contributed by atoms with Crippen LogP contribution < -0.4 is 5.73 Å². The molecule has 2 atom stereocenters. The maximum atomic E-state index is 13.9. The molecule has 0 radical (unpaired) electrons. The largest absolute Gasteiger partial charge is 0.326 e. The van der Waals surface area contributed by atoms with Crippen LogP contribution in [0, 0.1) is 12.7 Å². The quantitative estimate of drug-likeness (QED) is 0.902. The Morgan fingerprint density at radius 1 is 1.39 bits per heavy atom. The summed E-state index contributed by atoms with van der Waals surface area (Å²) in [6.07, 6.45) is 4.42. The lowest BCUT2D eigenvalue weighted by atomic mass is 9.98. The van der Waals surface area contributed by atoms with Crippen LogP contribution in [0.3, 0.4) is 0 Å². The molecule has 0 spiro atoms. The van der Waals surface area contributed by atoms with E-state index < -0.39 is 0 Å². The van der Waals surface area contributed by atoms with Crippen molar-refractivity contribution in [3.63, 3.8) is 0 Å². The van der Waals surface area contributed by atoms with E-state index in [-0.39, 0.29) is 17.9 Å². The highest BCUT2D eigenvalue weighted by atomic mass is 19.1. The van der Waals surface area contributed by atoms with Crippen molar-refractivity contribution in [2.45, 2.75) is 32.4 Å². The molecule has 18 heavy (non-hydrogen) atoms. The van der Waals surface area contributed by atoms with Gasteiger partial charge in [0.15, 0.2) is 0 Å². The van der Waals surface area contributed by atoms with Crippen molar-refractivity contribution >= 4 is 0 Å². The zero-order valence-electron chi connectivity index (χ0n) is 10.7. The summed E-state index contributed by atoms with van der Waals surface area (Å²) in [6, 6.07) is 6.31. The van der Waals surface area contributed by atoms with E-state index in [0.717, 1.165) is 12.0 Å². The second kappa shape index (κ2) is 5.31. The number of benzene rings is 1. The highest BCUT2D eigenvalue weighted by Gasteiger charge is 2.23. The van der Waals surface area contributed by atoms with Gasteiger partial charge >= 0.3 is 0 Å². The number of rotatable bonds is 4. The Kier molecular flexibility index (Phi) is 3.77. The lowest BCUT2D eigenvalue weighted by Gasteiger charge is -2.24. The summed E-state index contributed by atoms with van der Waals surface area (Å²) in [6.45, 7) is 3.95. The minimum atomic E-state index is -0.259. The Hall–Kier alpha value is -1.68. The van der Waals surface area contributed by atoms with Gasteiger partial charge in [0.2, 0.25) is 0 Å². The lowest BCUT2D eigenvalue weighted by molar-refractivity contribution is 0.408. The fraction of sp³-hybridized carbons (Fsp3) is 0.357. The van der Waals surface area contributed by atoms with E-state index >= 15 is 0 Å². The molecular weight excluding hydrogens is 229 g/mol. The first-order chi connectivity index (χ1) is 8.63. The molecule has 0 fully saturated rings. The summed E-state index contributed by atoms with van der Waals surface area (Å²) < 4.78 is 15.7. The van der Waals surface area contributed by atoms with Crippen LogP contribution in [-0.4, -0.2) is 15.8 Å². The van der Waals surface area contributed by atoms with Gasteiger partial charge in [-0.15, -0.1) is 0 Å². The number of hydrogen-bond acceptors (Lipinski definition) is 2. The van der Waals surface area contributed by atoms with E-state index in [9.17, 15) is 4.39 Å². The maximum Gasteiger partial charge on any atom is 0.128 e. The van der Waals surface area contributed by atoms with Crippen molar-refractivity contribution in [1.29, 1.82) is 0 Å². The Bertz CT molecular complexity index is 521. The van der Waals surface area contributed by atoms with Gasteiger partial charge in [-0.1, -0.05) is 25.1 Å². The third kappa shape index (κ3) is 2.43. The number of aromatic nitrogens is 2. The topological polar surface area (TPSA) is 43.8 Å². The summed E-state index contributed by atoms with van der Waals surface area (Å²) in [4.78, 5) is 0. The SMILES string of the molecule is CCC(N)C(c1ccccc1F)n1cc(C)cn1. The maximum absolute atomic E-state index is 13.9. The van der Waals surface area contributed by atoms with Gasteiger partial charge in [0.25, 0.3) is 0 Å². The molecule has 0 saturated heterocycles. The van der Waals surface area contributed by atoms with Crippen LogP contribution >= 0.6 is 0 Å². The van der Waals surface area contributed by atoms with Crippen LogP contribution in [0.25, 0.3) is 0 Å². The molecule has 2 aromatic rings. The Morgan fingerprint density at radius 2 is 2.11 bits per heavy atom. The molecule has 2 rings (SSSR count). The van der Waals surface area contributed by atoms with Crippen molar-refractivity contribution in [2.75, 3.05) is 0 Å². The van der Waals surface area contributed by atoms with Crippen molar-refractivity contribution in [3.8, 4) is 0 Å². The molecule has 1 aromatic carbocycles. The summed E-state index contributed by atoms with van der Waals surface area (Å²) in [5.74, 6) is -0.237. The number of hydrogen-bond donors (Lipinski definition) is 1. The van der Waals surface area contributed by atoms with E-state index in [1.807, 2.05) is 26.1 Å². The summed E-state index contributed by atoms with van der Waals surface area (Å²) in [7, 11) is 0. The van der Waals surface area contributed by atoms with E-state index in [1.54, 1.807) is 23.0 Å². The van der Waals surface area contributed by atoms with Gasteiger partial charge in [-0.3, -0.25) is 4.68 Å². The standard InChI is InChI=1S/C14H18FN3/c1-3-13(16)14(18-9-10(2)8-17-18)11-6-4-5-7-12(11)15/h4-9,13-14H,3,16H2,1-2H3. The van der Waals surface area contributed by atoms with Crippen LogP contribution in [0.5, 0.6) is 0 Å². The van der Waals surface area contributed by atoms with Crippen molar-refractivity contribution in [2.24, 2.45) is 5.73 Å². The third-order valence-corrected chi connectivity index (χ3v) is 3.12. The zero-order valence-corrected chi connectivity index (χ0v) is 10.7. The first kappa shape index (κ1) is 12.8. The molecule has 4 heteroatoms. The molecule has 0 aliphatic rings. The molecule has 2 N–H and O–H groups in total. The minimum absolute atomic E-state index is 0.166. The smallest absolute Gasteiger partial charge is 0.128 e. The number of aryl methyl sites for hydroxylation is 1. The predicted octanol–water partition coefficient (Wildman–Crippen LogP) is 2.66. The molecular formula is C14H18FN3. The fourth-order valence-corrected chi connectivity index (χ4v) is 2.09. The molecule has 2 unspecified atom stereocenters. The van der Waals surface area contributed by atoms with Crippen molar-refractivity contribution < 1.29 is 4.39 Å². The van der Waals surface area contributed by atoms with Gasteiger partial charge < -0.3 is 5.73 Å². The number of nitrogens with zero attached hydrogens (tertiary/aromatic N) is 2. The average molecular weight is 247 g/mol. The monoisotopic (exact) mass is 247 g/mol. The molecule has 1 aromatic heterocycles. The molecule has 0 bridgehead atoms. The summed E-state index contributed by atoms with van der Waals surface area (Å²) in [5, 5.41) is 4.27. The fourth-order valence-electron chi connectivity index (χ4n) is 2.09. The molecule has 0 amide bonds.